The smallest absolute Gasteiger partial charge is 0.312 e. The summed E-state index contributed by atoms with van der Waals surface area (Å²) in [6, 6.07) is 0. The summed E-state index contributed by atoms with van der Waals surface area (Å²) in [5.74, 6) is 0. The highest BCUT2D eigenvalue weighted by molar-refractivity contribution is 7.33. The Hall–Kier alpha value is 0.110. The lowest BCUT2D eigenvalue weighted by Gasteiger charge is -1.93. The van der Waals surface area contributed by atoms with E-state index in [1.807, 2.05) is 0 Å². The predicted molar refractivity (Wildman–Crippen MR) is 24.1 cm³/mol. The Kier molecular flexibility index (Phi) is 4.34. The Morgan fingerprint density at radius 3 is 2.14 bits per heavy atom. The summed E-state index contributed by atoms with van der Waals surface area (Å²) in [6.45, 7) is 0. The molecule has 0 aliphatic heterocycles. The van der Waals surface area contributed by atoms with Crippen LogP contribution in [-0.4, -0.2) is 14.2 Å². The van der Waals surface area contributed by atoms with E-state index in [2.05, 4.69) is 14.1 Å². The summed E-state index contributed by atoms with van der Waals surface area (Å²) in [4.78, 5) is 4.00. The third-order valence-electron chi connectivity index (χ3n) is 0.318. The van der Waals surface area contributed by atoms with Crippen LogP contribution in [-0.2, 0) is 18.7 Å². The normalized spacial score (nSPS) is 14.0. The first-order valence-corrected chi connectivity index (χ1v) is 2.82. The van der Waals surface area contributed by atoms with E-state index < -0.39 is 8.25 Å². The summed E-state index contributed by atoms with van der Waals surface area (Å²) in [5.41, 5.74) is 0. The van der Waals surface area contributed by atoms with Crippen LogP contribution < -0.4 is 0 Å². The molecule has 5 heteroatoms. The van der Waals surface area contributed by atoms with Crippen LogP contribution in [0.2, 0.25) is 0 Å². The lowest BCUT2D eigenvalue weighted by molar-refractivity contribution is -0.180. The van der Waals surface area contributed by atoms with Gasteiger partial charge in [-0.25, -0.2) is 4.89 Å². The number of rotatable bonds is 3. The number of hydrogen-bond acceptors (Lipinski definition) is 4. The minimum atomic E-state index is -2.35. The molecule has 1 atom stereocenters. The Bertz CT molecular complexity index is 62.7. The molecule has 4 nitrogen and oxygen atoms in total. The van der Waals surface area contributed by atoms with Gasteiger partial charge in [0, 0.05) is 7.11 Å². The van der Waals surface area contributed by atoms with Crippen molar-refractivity contribution in [3.63, 3.8) is 0 Å². The largest absolute Gasteiger partial charge is 0.346 e. The van der Waals surface area contributed by atoms with Crippen LogP contribution in [0.4, 0.5) is 0 Å². The molecule has 0 aromatic heterocycles. The van der Waals surface area contributed by atoms with Crippen molar-refractivity contribution in [3.8, 4) is 0 Å². The van der Waals surface area contributed by atoms with E-state index in [9.17, 15) is 4.57 Å². The fourth-order valence-corrected chi connectivity index (χ4v) is 0.306. The van der Waals surface area contributed by atoms with E-state index in [-0.39, 0.29) is 0 Å². The molecule has 44 valence electrons. The molecule has 0 spiro atoms. The molecule has 0 N–H and O–H groups in total. The van der Waals surface area contributed by atoms with Gasteiger partial charge in [0.05, 0.1) is 7.11 Å². The first-order valence-electron chi connectivity index (χ1n) is 1.60. The van der Waals surface area contributed by atoms with Crippen molar-refractivity contribution in [2.45, 2.75) is 0 Å². The molecule has 0 saturated carbocycles. The molecule has 0 heterocycles. The van der Waals surface area contributed by atoms with Gasteiger partial charge in [-0.05, 0) is 0 Å². The molecule has 0 fully saturated rings. The van der Waals surface area contributed by atoms with Crippen LogP contribution in [0.25, 0.3) is 0 Å². The van der Waals surface area contributed by atoms with Crippen molar-refractivity contribution < 1.29 is 18.7 Å². The summed E-state index contributed by atoms with van der Waals surface area (Å²) in [6.07, 6.45) is 0. The van der Waals surface area contributed by atoms with Gasteiger partial charge < -0.3 is 4.52 Å². The molecule has 0 radical (unpaired) electrons. The fraction of sp³-hybridized carbons (Fsp3) is 1.00. The number of hydrogen-bond donors (Lipinski definition) is 0. The van der Waals surface area contributed by atoms with Crippen molar-refractivity contribution in [2.75, 3.05) is 14.2 Å². The van der Waals surface area contributed by atoms with Crippen molar-refractivity contribution in [1.29, 1.82) is 0 Å². The Morgan fingerprint density at radius 1 is 1.43 bits per heavy atom. The highest BCUT2D eigenvalue weighted by Crippen LogP contribution is 2.20. The average molecular weight is 126 g/mol. The molecule has 0 bridgehead atoms. The highest BCUT2D eigenvalue weighted by atomic mass is 31.1. The third-order valence-corrected chi connectivity index (χ3v) is 0.954. The molecule has 0 aromatic carbocycles. The fourth-order valence-electron chi connectivity index (χ4n) is 0.102. The monoisotopic (exact) mass is 126 g/mol. The van der Waals surface area contributed by atoms with Crippen molar-refractivity contribution in [1.82, 2.24) is 0 Å². The SMILES string of the molecule is COO[PH](=O)OC. The molecule has 7 heavy (non-hydrogen) atoms. The van der Waals surface area contributed by atoms with Gasteiger partial charge in [0.1, 0.15) is 0 Å². The zero-order chi connectivity index (χ0) is 5.70. The molecule has 0 aliphatic rings. The van der Waals surface area contributed by atoms with Crippen LogP contribution in [0.15, 0.2) is 0 Å². The topological polar surface area (TPSA) is 44.8 Å². The van der Waals surface area contributed by atoms with Gasteiger partial charge in [-0.2, -0.15) is 4.67 Å². The summed E-state index contributed by atoms with van der Waals surface area (Å²) in [7, 11) is 0.191. The van der Waals surface area contributed by atoms with Gasteiger partial charge in [-0.15, -0.1) is 0 Å². The summed E-state index contributed by atoms with van der Waals surface area (Å²) in [5, 5.41) is 0. The van der Waals surface area contributed by atoms with Crippen LogP contribution >= 0.6 is 8.25 Å². The third kappa shape index (κ3) is 3.95. The minimum Gasteiger partial charge on any atom is -0.312 e. The van der Waals surface area contributed by atoms with Gasteiger partial charge >= 0.3 is 8.25 Å². The minimum absolute atomic E-state index is 1.27. The Labute approximate surface area is 42.3 Å². The van der Waals surface area contributed by atoms with Crippen LogP contribution in [0.5, 0.6) is 0 Å². The lowest BCUT2D eigenvalue weighted by atomic mass is 11.8. The first kappa shape index (κ1) is 7.11. The maximum Gasteiger partial charge on any atom is 0.346 e. The molecule has 1 unspecified atom stereocenters. The standard InChI is InChI=1S/C2H7O4P/c1-4-6-7(3)5-2/h7H,1-2H3. The van der Waals surface area contributed by atoms with Crippen molar-refractivity contribution in [2.24, 2.45) is 0 Å². The van der Waals surface area contributed by atoms with Crippen LogP contribution in [0.3, 0.4) is 0 Å². The molecule has 0 rings (SSSR count). The molecule has 0 aromatic rings. The van der Waals surface area contributed by atoms with E-state index in [1.165, 1.54) is 14.2 Å². The van der Waals surface area contributed by atoms with Crippen LogP contribution in [0.1, 0.15) is 0 Å². The Balaban J connectivity index is 3.00. The predicted octanol–water partition coefficient (Wildman–Crippen LogP) is 0.600. The van der Waals surface area contributed by atoms with Crippen molar-refractivity contribution >= 4 is 8.25 Å². The second-order valence-corrected chi connectivity index (χ2v) is 1.78. The lowest BCUT2D eigenvalue weighted by Crippen LogP contribution is -1.76. The molecular weight excluding hydrogens is 119 g/mol. The zero-order valence-electron chi connectivity index (χ0n) is 4.13. The first-order chi connectivity index (χ1) is 3.31. The molecular formula is C2H7O4P. The van der Waals surface area contributed by atoms with Gasteiger partial charge in [0.15, 0.2) is 0 Å². The second-order valence-electron chi connectivity index (χ2n) is 0.704. The van der Waals surface area contributed by atoms with E-state index in [1.54, 1.807) is 0 Å². The summed E-state index contributed by atoms with van der Waals surface area (Å²) >= 11 is 0. The highest BCUT2D eigenvalue weighted by Gasteiger charge is 1.89. The van der Waals surface area contributed by atoms with Gasteiger partial charge in [-0.3, -0.25) is 4.57 Å². The van der Waals surface area contributed by atoms with Gasteiger partial charge in [0.2, 0.25) is 0 Å². The maximum atomic E-state index is 10.0. The van der Waals surface area contributed by atoms with Gasteiger partial charge in [0.25, 0.3) is 0 Å². The van der Waals surface area contributed by atoms with E-state index in [0.29, 0.717) is 0 Å². The molecule has 0 aliphatic carbocycles. The van der Waals surface area contributed by atoms with Crippen LogP contribution in [0, 0.1) is 0 Å². The second kappa shape index (κ2) is 4.27. The average Bonchev–Trinajstić information content (AvgIpc) is 1.68. The zero-order valence-corrected chi connectivity index (χ0v) is 5.13. The summed E-state index contributed by atoms with van der Waals surface area (Å²) < 4.78 is 18.2. The van der Waals surface area contributed by atoms with E-state index >= 15 is 0 Å². The van der Waals surface area contributed by atoms with E-state index in [0.717, 1.165) is 0 Å². The van der Waals surface area contributed by atoms with Gasteiger partial charge in [-0.1, -0.05) is 0 Å². The quantitative estimate of drug-likeness (QED) is 0.315. The Morgan fingerprint density at radius 2 is 2.00 bits per heavy atom. The van der Waals surface area contributed by atoms with E-state index in [4.69, 9.17) is 0 Å². The maximum absolute atomic E-state index is 10.0. The molecule has 0 saturated heterocycles. The molecule has 0 amide bonds. The van der Waals surface area contributed by atoms with Crippen molar-refractivity contribution in [3.05, 3.63) is 0 Å².